The number of aromatic carboxylic acids is 2. The molecule has 2 aromatic carbocycles. The molecule has 2 rings (SSSR count). The summed E-state index contributed by atoms with van der Waals surface area (Å²) in [6.07, 6.45) is 3.94. The molecular weight excluding hydrogens is 367 g/mol. The van der Waals surface area contributed by atoms with Gasteiger partial charge in [0.25, 0.3) is 10.1 Å². The van der Waals surface area contributed by atoms with Crippen molar-refractivity contribution in [1.29, 1.82) is 0 Å². The number of carboxylic acids is 2. The summed E-state index contributed by atoms with van der Waals surface area (Å²) in [5, 5.41) is 18.0. The number of benzene rings is 2. The number of hydrogen-bond donors (Lipinski definition) is 3. The number of hydrogen-bond acceptors (Lipinski definition) is 4. The van der Waals surface area contributed by atoms with Crippen LogP contribution in [-0.4, -0.2) is 41.3 Å². The van der Waals surface area contributed by atoms with Gasteiger partial charge in [0.2, 0.25) is 0 Å². The van der Waals surface area contributed by atoms with E-state index in [4.69, 9.17) is 10.2 Å². The van der Waals surface area contributed by atoms with Crippen LogP contribution in [0.15, 0.2) is 35.2 Å². The van der Waals surface area contributed by atoms with Crippen LogP contribution in [0.3, 0.4) is 0 Å². The molecule has 0 heterocycles. The lowest BCUT2D eigenvalue weighted by Gasteiger charge is -2.08. The summed E-state index contributed by atoms with van der Waals surface area (Å²) in [4.78, 5) is 21.1. The fourth-order valence-corrected chi connectivity index (χ4v) is 3.37. The standard InChI is InChI=1S/C12H8O7S.C4H11P/c13-11(14)7-2-1-6-3-4-8(12(15)16)10(9(6)5-7)20(17,18)19;1-2-3-4-5/h1-5H,(H,13,14)(H,15,16)(H,17,18,19);2-5H2,1H3. The molecule has 3 N–H and O–H groups in total. The van der Waals surface area contributed by atoms with Gasteiger partial charge < -0.3 is 10.2 Å². The van der Waals surface area contributed by atoms with Crippen LogP contribution >= 0.6 is 9.24 Å². The summed E-state index contributed by atoms with van der Waals surface area (Å²) < 4.78 is 32.0. The fraction of sp³-hybridized carbons (Fsp3) is 0.250. The molecule has 7 nitrogen and oxygen atoms in total. The first-order chi connectivity index (χ1) is 11.6. The van der Waals surface area contributed by atoms with Crippen LogP contribution in [0.25, 0.3) is 10.8 Å². The van der Waals surface area contributed by atoms with Crippen molar-refractivity contribution in [3.8, 4) is 0 Å². The molecule has 0 bridgehead atoms. The van der Waals surface area contributed by atoms with Gasteiger partial charge >= 0.3 is 11.9 Å². The second-order valence-corrected chi connectivity index (χ2v) is 7.04. The average molecular weight is 386 g/mol. The zero-order valence-electron chi connectivity index (χ0n) is 13.5. The second-order valence-electron chi connectivity index (χ2n) is 5.11. The van der Waals surface area contributed by atoms with Gasteiger partial charge in [0.1, 0.15) is 4.90 Å². The maximum Gasteiger partial charge on any atom is 0.337 e. The lowest BCUT2D eigenvalue weighted by Crippen LogP contribution is -2.09. The molecule has 0 aromatic heterocycles. The minimum Gasteiger partial charge on any atom is -0.478 e. The first-order valence-corrected chi connectivity index (χ1v) is 9.60. The van der Waals surface area contributed by atoms with Crippen molar-refractivity contribution in [2.75, 3.05) is 6.16 Å². The van der Waals surface area contributed by atoms with Crippen molar-refractivity contribution in [1.82, 2.24) is 0 Å². The van der Waals surface area contributed by atoms with Gasteiger partial charge in [0.15, 0.2) is 0 Å². The molecule has 0 spiro atoms. The fourth-order valence-electron chi connectivity index (χ4n) is 2.08. The largest absolute Gasteiger partial charge is 0.478 e. The predicted octanol–water partition coefficient (Wildman–Crippen LogP) is 3.14. The highest BCUT2D eigenvalue weighted by Gasteiger charge is 2.24. The normalized spacial score (nSPS) is 10.8. The van der Waals surface area contributed by atoms with Gasteiger partial charge in [-0.2, -0.15) is 8.42 Å². The van der Waals surface area contributed by atoms with E-state index in [1.807, 2.05) is 0 Å². The summed E-state index contributed by atoms with van der Waals surface area (Å²) >= 11 is 0. The molecule has 0 fully saturated rings. The van der Waals surface area contributed by atoms with Crippen LogP contribution in [0.4, 0.5) is 0 Å². The Morgan fingerprint density at radius 2 is 1.68 bits per heavy atom. The van der Waals surface area contributed by atoms with Crippen LogP contribution in [-0.2, 0) is 10.1 Å². The van der Waals surface area contributed by atoms with Gasteiger partial charge in [-0.3, -0.25) is 4.55 Å². The molecule has 25 heavy (non-hydrogen) atoms. The smallest absolute Gasteiger partial charge is 0.337 e. The van der Waals surface area contributed by atoms with E-state index >= 15 is 0 Å². The Balaban J connectivity index is 0.000000550. The molecule has 0 saturated carbocycles. The third-order valence-corrected chi connectivity index (χ3v) is 4.63. The molecule has 2 aromatic rings. The Morgan fingerprint density at radius 3 is 2.08 bits per heavy atom. The Labute approximate surface area is 147 Å². The molecule has 0 aliphatic rings. The third kappa shape index (κ3) is 5.49. The third-order valence-electron chi connectivity index (χ3n) is 3.27. The number of carbonyl (C=O) groups is 2. The molecule has 136 valence electrons. The van der Waals surface area contributed by atoms with Crippen LogP contribution in [0, 0.1) is 0 Å². The highest BCUT2D eigenvalue weighted by Crippen LogP contribution is 2.28. The van der Waals surface area contributed by atoms with Crippen molar-refractivity contribution in [2.24, 2.45) is 0 Å². The van der Waals surface area contributed by atoms with E-state index in [2.05, 4.69) is 16.2 Å². The second kappa shape index (κ2) is 8.89. The topological polar surface area (TPSA) is 129 Å². The zero-order chi connectivity index (χ0) is 19.2. The van der Waals surface area contributed by atoms with Crippen molar-refractivity contribution in [2.45, 2.75) is 24.7 Å². The molecule has 1 atom stereocenters. The van der Waals surface area contributed by atoms with Crippen LogP contribution in [0.5, 0.6) is 0 Å². The summed E-state index contributed by atoms with van der Waals surface area (Å²) in [5.74, 6) is -2.84. The number of rotatable bonds is 5. The molecule has 0 amide bonds. The van der Waals surface area contributed by atoms with Crippen LogP contribution in [0.1, 0.15) is 40.5 Å². The zero-order valence-corrected chi connectivity index (χ0v) is 15.4. The van der Waals surface area contributed by atoms with Gasteiger partial charge in [-0.15, -0.1) is 9.24 Å². The number of unbranched alkanes of at least 4 members (excludes halogenated alkanes) is 1. The highest BCUT2D eigenvalue weighted by atomic mass is 32.2. The Morgan fingerprint density at radius 1 is 1.08 bits per heavy atom. The molecule has 0 aliphatic carbocycles. The first-order valence-electron chi connectivity index (χ1n) is 7.34. The van der Waals surface area contributed by atoms with E-state index in [9.17, 15) is 22.6 Å². The van der Waals surface area contributed by atoms with E-state index in [0.717, 1.165) is 12.1 Å². The van der Waals surface area contributed by atoms with Crippen molar-refractivity contribution in [3.05, 3.63) is 41.5 Å². The van der Waals surface area contributed by atoms with Crippen molar-refractivity contribution in [3.63, 3.8) is 0 Å². The van der Waals surface area contributed by atoms with E-state index < -0.39 is 32.5 Å². The number of fused-ring (bicyclic) bond motifs is 1. The Bertz CT molecular complexity index is 883. The SMILES string of the molecule is CCCCP.O=C(O)c1ccc2ccc(C(=O)O)c(S(=O)(=O)O)c2c1. The number of carboxylic acid groups (broad SMARTS) is 2. The van der Waals surface area contributed by atoms with E-state index in [-0.39, 0.29) is 10.9 Å². The lowest BCUT2D eigenvalue weighted by molar-refractivity contribution is 0.0685. The molecule has 0 aliphatic heterocycles. The summed E-state index contributed by atoms with van der Waals surface area (Å²) in [6, 6.07) is 5.96. The van der Waals surface area contributed by atoms with E-state index in [1.54, 1.807) is 0 Å². The van der Waals surface area contributed by atoms with Crippen LogP contribution in [0.2, 0.25) is 0 Å². The molecule has 0 radical (unpaired) electrons. The van der Waals surface area contributed by atoms with Crippen molar-refractivity contribution < 1.29 is 32.8 Å². The minimum atomic E-state index is -4.82. The molecule has 1 unspecified atom stereocenters. The van der Waals surface area contributed by atoms with Gasteiger partial charge in [0.05, 0.1) is 11.1 Å². The predicted molar refractivity (Wildman–Crippen MR) is 97.2 cm³/mol. The maximum atomic E-state index is 11.4. The van der Waals surface area contributed by atoms with Gasteiger partial charge in [-0.05, 0) is 29.7 Å². The molecule has 0 saturated heterocycles. The van der Waals surface area contributed by atoms with Crippen molar-refractivity contribution >= 4 is 42.1 Å². The van der Waals surface area contributed by atoms with E-state index in [0.29, 0.717) is 5.39 Å². The summed E-state index contributed by atoms with van der Waals surface area (Å²) in [7, 11) is -2.12. The highest BCUT2D eigenvalue weighted by molar-refractivity contribution is 7.86. The van der Waals surface area contributed by atoms with Crippen LogP contribution < -0.4 is 0 Å². The maximum absolute atomic E-state index is 11.4. The first kappa shape index (κ1) is 21.0. The Hall–Kier alpha value is -2.02. The Kier molecular flexibility index (Phi) is 7.48. The average Bonchev–Trinajstić information content (AvgIpc) is 2.53. The van der Waals surface area contributed by atoms with E-state index in [1.165, 1.54) is 37.2 Å². The van der Waals surface area contributed by atoms with Gasteiger partial charge in [0, 0.05) is 5.39 Å². The lowest BCUT2D eigenvalue weighted by atomic mass is 10.0. The quantitative estimate of drug-likeness (QED) is 0.532. The monoisotopic (exact) mass is 386 g/mol. The summed E-state index contributed by atoms with van der Waals surface area (Å²) in [6.45, 7) is 2.20. The minimum absolute atomic E-state index is 0.160. The van der Waals surface area contributed by atoms with Gasteiger partial charge in [-0.1, -0.05) is 31.9 Å². The summed E-state index contributed by atoms with van der Waals surface area (Å²) in [5.41, 5.74) is -0.840. The molecule has 9 heteroatoms. The van der Waals surface area contributed by atoms with Gasteiger partial charge in [-0.25, -0.2) is 9.59 Å². The molecular formula is C16H19O7PS.